The molecule has 0 bridgehead atoms. The van der Waals surface area contributed by atoms with E-state index in [2.05, 4.69) is 6.58 Å². The van der Waals surface area contributed by atoms with Gasteiger partial charge in [-0.25, -0.2) is 0 Å². The van der Waals surface area contributed by atoms with Gasteiger partial charge in [-0.15, -0.1) is 0 Å². The van der Waals surface area contributed by atoms with Crippen molar-refractivity contribution in [1.29, 1.82) is 0 Å². The zero-order chi connectivity index (χ0) is 16.3. The van der Waals surface area contributed by atoms with E-state index >= 15 is 0 Å². The van der Waals surface area contributed by atoms with Gasteiger partial charge in [0.25, 0.3) is 0 Å². The fraction of sp³-hybridized carbons (Fsp3) is 0.714. The first-order valence-corrected chi connectivity index (χ1v) is 6.88. The van der Waals surface area contributed by atoms with Crippen molar-refractivity contribution in [2.24, 2.45) is 0 Å². The van der Waals surface area contributed by atoms with Crippen LogP contribution in [0.15, 0.2) is 12.7 Å². The summed E-state index contributed by atoms with van der Waals surface area (Å²) in [7, 11) is 1.41. The lowest BCUT2D eigenvalue weighted by Gasteiger charge is -2.47. The quantitative estimate of drug-likeness (QED) is 0.535. The fourth-order valence-corrected chi connectivity index (χ4v) is 2.52. The van der Waals surface area contributed by atoms with Crippen molar-refractivity contribution in [1.82, 2.24) is 0 Å². The molecular formula is C14H20O8. The SMILES string of the molecule is C=CC1OC[C@H]2O[C@H](OC)[C@H](OC(C)=O)[C@@H](OC(C)=O)[C@@H]2O1. The summed E-state index contributed by atoms with van der Waals surface area (Å²) in [5.74, 6) is -1.07. The minimum atomic E-state index is -0.934. The molecule has 8 nitrogen and oxygen atoms in total. The first kappa shape index (κ1) is 16.9. The van der Waals surface area contributed by atoms with Crippen LogP contribution in [-0.4, -0.2) is 62.7 Å². The Labute approximate surface area is 128 Å². The summed E-state index contributed by atoms with van der Waals surface area (Å²) in [4.78, 5) is 22.7. The molecule has 0 aromatic rings. The average Bonchev–Trinajstić information content (AvgIpc) is 2.47. The predicted octanol–water partition coefficient (Wildman–Crippen LogP) is 0.149. The summed E-state index contributed by atoms with van der Waals surface area (Å²) in [6, 6.07) is 0. The first-order chi connectivity index (χ1) is 10.5. The molecule has 0 saturated carbocycles. The summed E-state index contributed by atoms with van der Waals surface area (Å²) >= 11 is 0. The lowest BCUT2D eigenvalue weighted by molar-refractivity contribution is -0.349. The monoisotopic (exact) mass is 316 g/mol. The molecule has 0 amide bonds. The molecule has 0 spiro atoms. The molecule has 0 N–H and O–H groups in total. The van der Waals surface area contributed by atoms with Gasteiger partial charge in [-0.05, 0) is 6.08 Å². The van der Waals surface area contributed by atoms with Gasteiger partial charge in [-0.1, -0.05) is 6.58 Å². The highest BCUT2D eigenvalue weighted by Crippen LogP contribution is 2.32. The molecule has 0 radical (unpaired) electrons. The number of carbonyl (C=O) groups excluding carboxylic acids is 2. The summed E-state index contributed by atoms with van der Waals surface area (Å²) in [5.41, 5.74) is 0. The second-order valence-electron chi connectivity index (χ2n) is 4.96. The topological polar surface area (TPSA) is 89.5 Å². The van der Waals surface area contributed by atoms with Gasteiger partial charge in [0.05, 0.1) is 6.61 Å². The van der Waals surface area contributed by atoms with Crippen LogP contribution in [0, 0.1) is 0 Å². The van der Waals surface area contributed by atoms with Crippen LogP contribution in [0.25, 0.3) is 0 Å². The highest BCUT2D eigenvalue weighted by Gasteiger charge is 2.53. The number of rotatable bonds is 4. The molecule has 2 aliphatic heterocycles. The third-order valence-electron chi connectivity index (χ3n) is 3.34. The Kier molecular flexibility index (Phi) is 5.52. The van der Waals surface area contributed by atoms with E-state index in [1.807, 2.05) is 0 Å². The molecule has 2 aliphatic rings. The molecule has 8 heteroatoms. The van der Waals surface area contributed by atoms with E-state index in [1.54, 1.807) is 0 Å². The van der Waals surface area contributed by atoms with Crippen LogP contribution in [0.4, 0.5) is 0 Å². The highest BCUT2D eigenvalue weighted by molar-refractivity contribution is 5.67. The van der Waals surface area contributed by atoms with Crippen molar-refractivity contribution < 1.29 is 38.0 Å². The van der Waals surface area contributed by atoms with E-state index in [0.717, 1.165) is 0 Å². The highest BCUT2D eigenvalue weighted by atomic mass is 16.8. The Morgan fingerprint density at radius 1 is 1.14 bits per heavy atom. The molecule has 0 aliphatic carbocycles. The second kappa shape index (κ2) is 7.19. The van der Waals surface area contributed by atoms with Gasteiger partial charge in [0.2, 0.25) is 0 Å². The second-order valence-corrected chi connectivity index (χ2v) is 4.96. The minimum absolute atomic E-state index is 0.214. The lowest BCUT2D eigenvalue weighted by Crippen LogP contribution is -2.64. The Bertz CT molecular complexity index is 437. The molecule has 0 aromatic heterocycles. The largest absolute Gasteiger partial charge is 0.455 e. The van der Waals surface area contributed by atoms with Gasteiger partial charge in [0.1, 0.15) is 12.2 Å². The Morgan fingerprint density at radius 3 is 2.32 bits per heavy atom. The van der Waals surface area contributed by atoms with Crippen LogP contribution in [0.1, 0.15) is 13.8 Å². The summed E-state index contributed by atoms with van der Waals surface area (Å²) in [5, 5.41) is 0. The summed E-state index contributed by atoms with van der Waals surface area (Å²) < 4.78 is 32.5. The molecule has 2 fully saturated rings. The number of hydrogen-bond acceptors (Lipinski definition) is 8. The van der Waals surface area contributed by atoms with E-state index in [1.165, 1.54) is 27.0 Å². The Morgan fingerprint density at radius 2 is 1.77 bits per heavy atom. The molecule has 2 rings (SSSR count). The normalized spacial score (nSPS) is 37.8. The third kappa shape index (κ3) is 3.64. The van der Waals surface area contributed by atoms with Crippen LogP contribution in [-0.2, 0) is 38.0 Å². The zero-order valence-electron chi connectivity index (χ0n) is 12.7. The molecular weight excluding hydrogens is 296 g/mol. The number of ether oxygens (including phenoxy) is 6. The number of fused-ring (bicyclic) bond motifs is 1. The number of hydrogen-bond donors (Lipinski definition) is 0. The number of esters is 2. The number of carbonyl (C=O) groups is 2. The average molecular weight is 316 g/mol. The van der Waals surface area contributed by atoms with Gasteiger partial charge in [-0.3, -0.25) is 9.59 Å². The van der Waals surface area contributed by atoms with Gasteiger partial charge in [0.15, 0.2) is 24.8 Å². The van der Waals surface area contributed by atoms with Gasteiger partial charge >= 0.3 is 11.9 Å². The minimum Gasteiger partial charge on any atom is -0.455 e. The third-order valence-corrected chi connectivity index (χ3v) is 3.34. The van der Waals surface area contributed by atoms with Crippen LogP contribution in [0.3, 0.4) is 0 Å². The maximum Gasteiger partial charge on any atom is 0.303 e. The van der Waals surface area contributed by atoms with E-state index < -0.39 is 48.9 Å². The first-order valence-electron chi connectivity index (χ1n) is 6.88. The predicted molar refractivity (Wildman–Crippen MR) is 71.6 cm³/mol. The van der Waals surface area contributed by atoms with Gasteiger partial charge in [-0.2, -0.15) is 0 Å². The van der Waals surface area contributed by atoms with E-state index in [4.69, 9.17) is 28.4 Å². The standard InChI is InChI=1S/C14H20O8/c1-5-10-18-6-9-11(22-10)12(19-7(2)15)13(20-8(3)16)14(17-4)21-9/h5,9-14H,1,6H2,2-4H3/t9-,10?,11-,12+,13-,14+/m1/s1. The van der Waals surface area contributed by atoms with Crippen molar-refractivity contribution in [2.75, 3.05) is 13.7 Å². The molecule has 0 aromatic carbocycles. The number of methoxy groups -OCH3 is 1. The van der Waals surface area contributed by atoms with Gasteiger partial charge in [0, 0.05) is 21.0 Å². The van der Waals surface area contributed by atoms with E-state index in [9.17, 15) is 9.59 Å². The summed E-state index contributed by atoms with van der Waals surface area (Å²) in [6.07, 6.45) is -3.03. The molecule has 2 saturated heterocycles. The molecule has 6 atom stereocenters. The Hall–Kier alpha value is -1.48. The fourth-order valence-electron chi connectivity index (χ4n) is 2.52. The summed E-state index contributed by atoms with van der Waals surface area (Å²) in [6.45, 7) is 6.33. The maximum absolute atomic E-state index is 11.4. The van der Waals surface area contributed by atoms with Crippen molar-refractivity contribution in [3.05, 3.63) is 12.7 Å². The smallest absolute Gasteiger partial charge is 0.303 e. The molecule has 22 heavy (non-hydrogen) atoms. The van der Waals surface area contributed by atoms with Crippen LogP contribution >= 0.6 is 0 Å². The molecule has 1 unspecified atom stereocenters. The van der Waals surface area contributed by atoms with Crippen molar-refractivity contribution >= 4 is 11.9 Å². The Balaban J connectivity index is 2.26. The van der Waals surface area contributed by atoms with Crippen LogP contribution < -0.4 is 0 Å². The zero-order valence-corrected chi connectivity index (χ0v) is 12.7. The van der Waals surface area contributed by atoms with Crippen LogP contribution in [0.2, 0.25) is 0 Å². The van der Waals surface area contributed by atoms with E-state index in [0.29, 0.717) is 0 Å². The van der Waals surface area contributed by atoms with Crippen molar-refractivity contribution in [3.8, 4) is 0 Å². The van der Waals surface area contributed by atoms with Crippen molar-refractivity contribution in [2.45, 2.75) is 50.8 Å². The molecule has 124 valence electrons. The van der Waals surface area contributed by atoms with E-state index in [-0.39, 0.29) is 6.61 Å². The molecule has 2 heterocycles. The maximum atomic E-state index is 11.4. The lowest BCUT2D eigenvalue weighted by atomic mass is 9.97. The van der Waals surface area contributed by atoms with Crippen molar-refractivity contribution in [3.63, 3.8) is 0 Å². The van der Waals surface area contributed by atoms with Gasteiger partial charge < -0.3 is 28.4 Å². The van der Waals surface area contributed by atoms with Crippen LogP contribution in [0.5, 0.6) is 0 Å².